The molecule has 5 heteroatoms. The average Bonchev–Trinajstić information content (AvgIpc) is 2.29. The van der Waals surface area contributed by atoms with Crippen LogP contribution in [0, 0.1) is 0 Å². The SMILES string of the molecule is CS(=O)(=O)[O-].[NH3+]c1ccccc1-c1ccccc1. The van der Waals surface area contributed by atoms with E-state index < -0.39 is 10.1 Å². The van der Waals surface area contributed by atoms with Gasteiger partial charge in [-0.2, -0.15) is 0 Å². The highest BCUT2D eigenvalue weighted by Gasteiger charge is 2.01. The van der Waals surface area contributed by atoms with Gasteiger partial charge >= 0.3 is 0 Å². The quantitative estimate of drug-likeness (QED) is 0.791. The second-order valence-electron chi connectivity index (χ2n) is 3.73. The van der Waals surface area contributed by atoms with Crippen LogP contribution in [0.4, 0.5) is 5.69 Å². The fraction of sp³-hybridized carbons (Fsp3) is 0.0769. The summed E-state index contributed by atoms with van der Waals surface area (Å²) < 4.78 is 27.2. The largest absolute Gasteiger partial charge is 0.748 e. The van der Waals surface area contributed by atoms with Crippen LogP contribution in [-0.2, 0) is 10.1 Å². The highest BCUT2D eigenvalue weighted by molar-refractivity contribution is 7.84. The van der Waals surface area contributed by atoms with Crippen LogP contribution in [-0.4, -0.2) is 19.2 Å². The Hall–Kier alpha value is -1.69. The Morgan fingerprint density at radius 1 is 0.944 bits per heavy atom. The van der Waals surface area contributed by atoms with E-state index in [1.165, 1.54) is 11.1 Å². The van der Waals surface area contributed by atoms with Gasteiger partial charge in [0.2, 0.25) is 0 Å². The van der Waals surface area contributed by atoms with Crippen molar-refractivity contribution in [2.75, 3.05) is 6.26 Å². The van der Waals surface area contributed by atoms with Crippen molar-refractivity contribution in [3.05, 3.63) is 54.6 Å². The van der Waals surface area contributed by atoms with Crippen molar-refractivity contribution in [3.63, 3.8) is 0 Å². The molecule has 0 amide bonds. The van der Waals surface area contributed by atoms with E-state index in [1.807, 2.05) is 36.4 Å². The molecule has 2 aromatic rings. The van der Waals surface area contributed by atoms with Gasteiger partial charge in [0.25, 0.3) is 0 Å². The zero-order valence-corrected chi connectivity index (χ0v) is 10.9. The van der Waals surface area contributed by atoms with Crippen molar-refractivity contribution in [2.45, 2.75) is 0 Å². The third kappa shape index (κ3) is 5.58. The molecule has 96 valence electrons. The van der Waals surface area contributed by atoms with Gasteiger partial charge in [-0.25, -0.2) is 8.42 Å². The van der Waals surface area contributed by atoms with E-state index in [0.717, 1.165) is 5.69 Å². The fourth-order valence-corrected chi connectivity index (χ4v) is 1.42. The second-order valence-corrected chi connectivity index (χ2v) is 5.14. The molecule has 0 saturated carbocycles. The highest BCUT2D eigenvalue weighted by atomic mass is 32.2. The van der Waals surface area contributed by atoms with Crippen LogP contribution in [0.1, 0.15) is 0 Å². The van der Waals surface area contributed by atoms with Crippen LogP contribution in [0.15, 0.2) is 54.6 Å². The average molecular weight is 265 g/mol. The Labute approximate surface area is 107 Å². The van der Waals surface area contributed by atoms with Gasteiger partial charge in [0.05, 0.1) is 10.1 Å². The molecule has 3 N–H and O–H groups in total. The smallest absolute Gasteiger partial charge is 0.135 e. The third-order valence-electron chi connectivity index (χ3n) is 2.10. The molecular formula is C13H15NO3S. The summed E-state index contributed by atoms with van der Waals surface area (Å²) in [6.45, 7) is 0. The molecule has 4 nitrogen and oxygen atoms in total. The number of rotatable bonds is 1. The van der Waals surface area contributed by atoms with Crippen LogP contribution in [0.5, 0.6) is 0 Å². The second kappa shape index (κ2) is 6.30. The first-order chi connectivity index (χ1) is 8.38. The van der Waals surface area contributed by atoms with E-state index in [-0.39, 0.29) is 0 Å². The molecule has 0 atom stereocenters. The number of benzene rings is 2. The summed E-state index contributed by atoms with van der Waals surface area (Å²) in [5, 5.41) is 0. The van der Waals surface area contributed by atoms with Gasteiger partial charge in [-0.15, -0.1) is 0 Å². The summed E-state index contributed by atoms with van der Waals surface area (Å²) >= 11 is 0. The van der Waals surface area contributed by atoms with Gasteiger partial charge in [0.1, 0.15) is 5.69 Å². The van der Waals surface area contributed by atoms with E-state index in [9.17, 15) is 0 Å². The molecule has 0 heterocycles. The van der Waals surface area contributed by atoms with Crippen LogP contribution in [0.2, 0.25) is 0 Å². The van der Waals surface area contributed by atoms with E-state index in [4.69, 9.17) is 13.0 Å². The Balaban J connectivity index is 0.000000280. The van der Waals surface area contributed by atoms with Gasteiger partial charge in [-0.1, -0.05) is 42.5 Å². The predicted octanol–water partition coefficient (Wildman–Crippen LogP) is 1.39. The van der Waals surface area contributed by atoms with Crippen molar-refractivity contribution < 1.29 is 18.7 Å². The minimum atomic E-state index is -3.92. The molecule has 0 saturated heterocycles. The molecule has 0 aliphatic carbocycles. The van der Waals surface area contributed by atoms with E-state index in [2.05, 4.69) is 23.9 Å². The van der Waals surface area contributed by atoms with Gasteiger partial charge in [-0.05, 0) is 17.7 Å². The molecule has 0 fully saturated rings. The topological polar surface area (TPSA) is 84.8 Å². The molecule has 0 bridgehead atoms. The van der Waals surface area contributed by atoms with Crippen LogP contribution >= 0.6 is 0 Å². The van der Waals surface area contributed by atoms with E-state index in [0.29, 0.717) is 6.26 Å². The number of quaternary nitrogens is 1. The fourth-order valence-electron chi connectivity index (χ4n) is 1.42. The molecule has 0 unspecified atom stereocenters. The zero-order valence-electron chi connectivity index (χ0n) is 10.0. The molecule has 0 aliphatic heterocycles. The molecule has 2 rings (SSSR count). The van der Waals surface area contributed by atoms with Crippen molar-refractivity contribution in [1.82, 2.24) is 0 Å². The Bertz CT molecular complexity index is 587. The van der Waals surface area contributed by atoms with E-state index in [1.54, 1.807) is 0 Å². The van der Waals surface area contributed by atoms with Crippen LogP contribution in [0.25, 0.3) is 11.1 Å². The third-order valence-corrected chi connectivity index (χ3v) is 2.10. The zero-order chi connectivity index (χ0) is 13.6. The molecular weight excluding hydrogens is 250 g/mol. The summed E-state index contributed by atoms with van der Waals surface area (Å²) in [7, 11) is -3.92. The van der Waals surface area contributed by atoms with Gasteiger partial charge in [0.15, 0.2) is 0 Å². The summed E-state index contributed by atoms with van der Waals surface area (Å²) in [5.41, 5.74) is 7.52. The molecule has 2 aromatic carbocycles. The van der Waals surface area contributed by atoms with Crippen LogP contribution < -0.4 is 5.73 Å². The maximum Gasteiger partial charge on any atom is 0.135 e. The summed E-state index contributed by atoms with van der Waals surface area (Å²) in [4.78, 5) is 0. The number of hydrogen-bond donors (Lipinski definition) is 1. The molecule has 0 spiro atoms. The van der Waals surface area contributed by atoms with Gasteiger partial charge < -0.3 is 10.3 Å². The first-order valence-electron chi connectivity index (χ1n) is 5.25. The first kappa shape index (κ1) is 14.4. The lowest BCUT2D eigenvalue weighted by atomic mass is 10.0. The lowest BCUT2D eigenvalue weighted by Gasteiger charge is -2.01. The molecule has 0 aliphatic rings. The van der Waals surface area contributed by atoms with Crippen molar-refractivity contribution >= 4 is 15.8 Å². The minimum absolute atomic E-state index is 0.604. The van der Waals surface area contributed by atoms with E-state index >= 15 is 0 Å². The summed E-state index contributed by atoms with van der Waals surface area (Å²) in [6.07, 6.45) is 0.604. The summed E-state index contributed by atoms with van der Waals surface area (Å²) in [6, 6.07) is 18.5. The maximum absolute atomic E-state index is 9.08. The lowest BCUT2D eigenvalue weighted by Crippen LogP contribution is -2.40. The highest BCUT2D eigenvalue weighted by Crippen LogP contribution is 2.23. The Kier molecular flexibility index (Phi) is 5.03. The molecule has 18 heavy (non-hydrogen) atoms. The molecule has 0 radical (unpaired) electrons. The first-order valence-corrected chi connectivity index (χ1v) is 7.07. The van der Waals surface area contributed by atoms with Gasteiger partial charge in [-0.3, -0.25) is 0 Å². The molecule has 0 aromatic heterocycles. The van der Waals surface area contributed by atoms with Crippen molar-refractivity contribution in [1.29, 1.82) is 0 Å². The van der Waals surface area contributed by atoms with Crippen LogP contribution in [0.3, 0.4) is 0 Å². The van der Waals surface area contributed by atoms with Gasteiger partial charge in [0, 0.05) is 11.8 Å². The van der Waals surface area contributed by atoms with Crippen molar-refractivity contribution in [2.24, 2.45) is 0 Å². The maximum atomic E-state index is 9.08. The Morgan fingerprint density at radius 2 is 1.39 bits per heavy atom. The lowest BCUT2D eigenvalue weighted by molar-refractivity contribution is -0.253. The van der Waals surface area contributed by atoms with Crippen molar-refractivity contribution in [3.8, 4) is 11.1 Å². The Morgan fingerprint density at radius 3 is 1.89 bits per heavy atom. The number of hydrogen-bond acceptors (Lipinski definition) is 3. The standard InChI is InChI=1S/C12H11N.CH4O3S/c13-12-9-5-4-8-11(12)10-6-2-1-3-7-10;1-5(2,3)4/h1-9H,13H2;1H3,(H,2,3,4). The normalized spacial score (nSPS) is 10.4. The predicted molar refractivity (Wildman–Crippen MR) is 70.0 cm³/mol. The minimum Gasteiger partial charge on any atom is -0.748 e. The summed E-state index contributed by atoms with van der Waals surface area (Å²) in [5.74, 6) is 0. The monoisotopic (exact) mass is 265 g/mol.